The third kappa shape index (κ3) is 3.49. The highest BCUT2D eigenvalue weighted by molar-refractivity contribution is 5.08. The number of piperazine rings is 1. The molecule has 94 valence electrons. The Morgan fingerprint density at radius 1 is 1.47 bits per heavy atom. The first-order chi connectivity index (χ1) is 8.29. The Balaban J connectivity index is 1.98. The van der Waals surface area contributed by atoms with Crippen molar-refractivity contribution in [1.82, 2.24) is 20.1 Å². The van der Waals surface area contributed by atoms with Gasteiger partial charge in [0.05, 0.1) is 0 Å². The molecule has 1 atom stereocenters. The normalized spacial score (nSPS) is 22.8. The number of nitrogens with one attached hydrogen (secondary N) is 1. The van der Waals surface area contributed by atoms with Crippen LogP contribution in [0.5, 0.6) is 0 Å². The van der Waals surface area contributed by atoms with Crippen molar-refractivity contribution in [3.8, 4) is 0 Å². The molecule has 1 fully saturated rings. The van der Waals surface area contributed by atoms with Crippen LogP contribution in [-0.4, -0.2) is 61.1 Å². The summed E-state index contributed by atoms with van der Waals surface area (Å²) in [5.74, 6) is 0. The molecule has 0 bridgehead atoms. The van der Waals surface area contributed by atoms with Crippen LogP contribution in [0.3, 0.4) is 0 Å². The summed E-state index contributed by atoms with van der Waals surface area (Å²) in [6.45, 7) is 5.48. The van der Waals surface area contributed by atoms with E-state index < -0.39 is 0 Å². The van der Waals surface area contributed by atoms with E-state index in [2.05, 4.69) is 33.2 Å². The van der Waals surface area contributed by atoms with Crippen molar-refractivity contribution in [3.05, 3.63) is 30.1 Å². The van der Waals surface area contributed by atoms with Gasteiger partial charge in [-0.1, -0.05) is 6.07 Å². The van der Waals surface area contributed by atoms with Crippen LogP contribution in [0.1, 0.15) is 5.56 Å². The monoisotopic (exact) mass is 234 g/mol. The number of pyridine rings is 1. The summed E-state index contributed by atoms with van der Waals surface area (Å²) < 4.78 is 0. The molecule has 1 aliphatic rings. The predicted molar refractivity (Wildman–Crippen MR) is 69.9 cm³/mol. The van der Waals surface area contributed by atoms with E-state index in [1.165, 1.54) is 5.56 Å². The lowest BCUT2D eigenvalue weighted by atomic mass is 10.1. The molecule has 1 aromatic rings. The van der Waals surface area contributed by atoms with Crippen LogP contribution in [0, 0.1) is 0 Å². The van der Waals surface area contributed by atoms with E-state index in [9.17, 15) is 0 Å². The van der Waals surface area contributed by atoms with Crippen molar-refractivity contribution >= 4 is 0 Å². The Kier molecular flexibility index (Phi) is 4.48. The lowest BCUT2D eigenvalue weighted by molar-refractivity contribution is 0.0840. The van der Waals surface area contributed by atoms with Crippen LogP contribution in [-0.2, 0) is 6.54 Å². The highest BCUT2D eigenvalue weighted by Gasteiger charge is 2.24. The van der Waals surface area contributed by atoms with Gasteiger partial charge in [0.2, 0.25) is 0 Å². The minimum atomic E-state index is 0.596. The van der Waals surface area contributed by atoms with E-state index in [4.69, 9.17) is 0 Å². The van der Waals surface area contributed by atoms with Gasteiger partial charge >= 0.3 is 0 Å². The molecule has 1 unspecified atom stereocenters. The molecule has 4 heteroatoms. The molecule has 1 aliphatic heterocycles. The molecule has 0 saturated carbocycles. The first-order valence-electron chi connectivity index (χ1n) is 6.25. The van der Waals surface area contributed by atoms with Gasteiger partial charge in [0.15, 0.2) is 0 Å². The molecule has 0 amide bonds. The van der Waals surface area contributed by atoms with E-state index >= 15 is 0 Å². The molecule has 0 aromatic carbocycles. The third-order valence-electron chi connectivity index (χ3n) is 3.36. The molecule has 17 heavy (non-hydrogen) atoms. The fraction of sp³-hybridized carbons (Fsp3) is 0.615. The van der Waals surface area contributed by atoms with Crippen LogP contribution in [0.25, 0.3) is 0 Å². The maximum absolute atomic E-state index is 4.18. The van der Waals surface area contributed by atoms with Crippen molar-refractivity contribution in [2.45, 2.75) is 12.6 Å². The summed E-state index contributed by atoms with van der Waals surface area (Å²) in [6, 6.07) is 4.76. The van der Waals surface area contributed by atoms with Gasteiger partial charge in [-0.25, -0.2) is 0 Å². The zero-order valence-electron chi connectivity index (χ0n) is 10.8. The topological polar surface area (TPSA) is 31.4 Å². The van der Waals surface area contributed by atoms with Gasteiger partial charge in [-0.05, 0) is 25.7 Å². The fourth-order valence-corrected chi connectivity index (χ4v) is 2.41. The Bertz CT molecular complexity index is 327. The molecule has 2 heterocycles. The third-order valence-corrected chi connectivity index (χ3v) is 3.36. The Labute approximate surface area is 104 Å². The van der Waals surface area contributed by atoms with Crippen LogP contribution in [0.15, 0.2) is 24.5 Å². The van der Waals surface area contributed by atoms with E-state index in [0.717, 1.165) is 32.7 Å². The Morgan fingerprint density at radius 3 is 3.06 bits per heavy atom. The largest absolute Gasteiger partial charge is 0.318 e. The van der Waals surface area contributed by atoms with E-state index in [1.807, 2.05) is 25.5 Å². The zero-order chi connectivity index (χ0) is 12.1. The van der Waals surface area contributed by atoms with Gasteiger partial charge < -0.3 is 10.2 Å². The molecule has 4 nitrogen and oxygen atoms in total. The second-order valence-electron chi connectivity index (χ2n) is 4.81. The average molecular weight is 234 g/mol. The molecule has 0 radical (unpaired) electrons. The summed E-state index contributed by atoms with van der Waals surface area (Å²) in [6.07, 6.45) is 3.80. The molecule has 1 aromatic heterocycles. The molecule has 1 N–H and O–H groups in total. The van der Waals surface area contributed by atoms with Crippen molar-refractivity contribution in [2.75, 3.05) is 40.3 Å². The molecule has 0 spiro atoms. The Morgan fingerprint density at radius 2 is 2.35 bits per heavy atom. The standard InChI is InChI=1S/C13H22N4/c1-14-9-13-11-16(2)6-7-17(13)10-12-4-3-5-15-8-12/h3-5,8,13-14H,6-7,9-11H2,1-2H3. The molecule has 2 rings (SSSR count). The highest BCUT2D eigenvalue weighted by atomic mass is 15.3. The van der Waals surface area contributed by atoms with Gasteiger partial charge in [0.1, 0.15) is 0 Å². The molecule has 0 aliphatic carbocycles. The zero-order valence-corrected chi connectivity index (χ0v) is 10.8. The fourth-order valence-electron chi connectivity index (χ4n) is 2.41. The van der Waals surface area contributed by atoms with Crippen LogP contribution in [0.2, 0.25) is 0 Å². The first-order valence-corrected chi connectivity index (χ1v) is 6.25. The number of hydrogen-bond acceptors (Lipinski definition) is 4. The van der Waals surface area contributed by atoms with E-state index in [1.54, 1.807) is 0 Å². The van der Waals surface area contributed by atoms with Crippen LogP contribution >= 0.6 is 0 Å². The molecular formula is C13H22N4. The summed E-state index contributed by atoms with van der Waals surface area (Å²) >= 11 is 0. The summed E-state index contributed by atoms with van der Waals surface area (Å²) in [7, 11) is 4.22. The lowest BCUT2D eigenvalue weighted by Crippen LogP contribution is -2.54. The summed E-state index contributed by atoms with van der Waals surface area (Å²) in [4.78, 5) is 9.14. The predicted octanol–water partition coefficient (Wildman–Crippen LogP) is 0.417. The molecule has 1 saturated heterocycles. The minimum Gasteiger partial charge on any atom is -0.318 e. The maximum atomic E-state index is 4.18. The SMILES string of the molecule is CNCC1CN(C)CCN1Cc1cccnc1. The minimum absolute atomic E-state index is 0.596. The van der Waals surface area contributed by atoms with E-state index in [-0.39, 0.29) is 0 Å². The van der Waals surface area contributed by atoms with Gasteiger partial charge in [0, 0.05) is 51.2 Å². The second-order valence-corrected chi connectivity index (χ2v) is 4.81. The highest BCUT2D eigenvalue weighted by Crippen LogP contribution is 2.12. The van der Waals surface area contributed by atoms with E-state index in [0.29, 0.717) is 6.04 Å². The Hall–Kier alpha value is -0.970. The quantitative estimate of drug-likeness (QED) is 0.818. The molecular weight excluding hydrogens is 212 g/mol. The van der Waals surface area contributed by atoms with Crippen LogP contribution in [0.4, 0.5) is 0 Å². The van der Waals surface area contributed by atoms with Crippen molar-refractivity contribution in [3.63, 3.8) is 0 Å². The van der Waals surface area contributed by atoms with Crippen molar-refractivity contribution in [1.29, 1.82) is 0 Å². The van der Waals surface area contributed by atoms with Crippen molar-refractivity contribution in [2.24, 2.45) is 0 Å². The lowest BCUT2D eigenvalue weighted by Gasteiger charge is -2.40. The van der Waals surface area contributed by atoms with Gasteiger partial charge in [0.25, 0.3) is 0 Å². The second kappa shape index (κ2) is 6.10. The smallest absolute Gasteiger partial charge is 0.0351 e. The van der Waals surface area contributed by atoms with Crippen LogP contribution < -0.4 is 5.32 Å². The van der Waals surface area contributed by atoms with Gasteiger partial charge in [-0.2, -0.15) is 0 Å². The number of rotatable bonds is 4. The number of nitrogens with zero attached hydrogens (tertiary/aromatic N) is 3. The first kappa shape index (κ1) is 12.5. The number of likely N-dealkylation sites (N-methyl/N-ethyl adjacent to an activating group) is 2. The van der Waals surface area contributed by atoms with Crippen molar-refractivity contribution < 1.29 is 0 Å². The average Bonchev–Trinajstić information content (AvgIpc) is 2.34. The number of hydrogen-bond donors (Lipinski definition) is 1. The number of aromatic nitrogens is 1. The maximum Gasteiger partial charge on any atom is 0.0351 e. The summed E-state index contributed by atoms with van der Waals surface area (Å²) in [5.41, 5.74) is 1.30. The van der Waals surface area contributed by atoms with Gasteiger partial charge in [-0.15, -0.1) is 0 Å². The summed E-state index contributed by atoms with van der Waals surface area (Å²) in [5, 5.41) is 3.29. The van der Waals surface area contributed by atoms with Gasteiger partial charge in [-0.3, -0.25) is 9.88 Å².